The van der Waals surface area contributed by atoms with Gasteiger partial charge in [-0.2, -0.15) is 0 Å². The van der Waals surface area contributed by atoms with Crippen LogP contribution in [0.5, 0.6) is 0 Å². The Hall–Kier alpha value is -0.530. The van der Waals surface area contributed by atoms with Crippen LogP contribution in [0.3, 0.4) is 0 Å². The maximum absolute atomic E-state index is 11.3. The zero-order valence-electron chi connectivity index (χ0n) is 9.09. The molecule has 0 aliphatic carbocycles. The van der Waals surface area contributed by atoms with E-state index in [1.165, 1.54) is 0 Å². The number of hydrogen-bond donors (Lipinski definition) is 0. The first-order valence-corrected chi connectivity index (χ1v) is 5.06. The summed E-state index contributed by atoms with van der Waals surface area (Å²) in [6.07, 6.45) is 1.69. The van der Waals surface area contributed by atoms with Crippen LogP contribution in [0.25, 0.3) is 0 Å². The fourth-order valence-corrected chi connectivity index (χ4v) is 1.86. The van der Waals surface area contributed by atoms with Crippen molar-refractivity contribution in [1.29, 1.82) is 0 Å². The molecule has 0 spiro atoms. The topological polar surface area (TPSA) is 26.3 Å². The molecule has 1 atom stereocenters. The predicted octanol–water partition coefficient (Wildman–Crippen LogP) is 2.62. The van der Waals surface area contributed by atoms with Gasteiger partial charge in [0.1, 0.15) is 0 Å². The third-order valence-electron chi connectivity index (χ3n) is 2.81. The fraction of sp³-hybridized carbons (Fsp3) is 0.909. The highest BCUT2D eigenvalue weighted by Crippen LogP contribution is 2.34. The number of rotatable bonds is 1. The number of ether oxygens (including phenoxy) is 1. The van der Waals surface area contributed by atoms with Gasteiger partial charge in [0.25, 0.3) is 0 Å². The summed E-state index contributed by atoms with van der Waals surface area (Å²) in [6.45, 7) is 9.27. The molecule has 0 bridgehead atoms. The molecule has 1 rings (SSSR count). The Bertz CT molecular complexity index is 194. The van der Waals surface area contributed by atoms with Gasteiger partial charge >= 0.3 is 5.97 Å². The van der Waals surface area contributed by atoms with E-state index in [2.05, 4.69) is 27.7 Å². The second kappa shape index (κ2) is 3.69. The van der Waals surface area contributed by atoms with Crippen LogP contribution < -0.4 is 0 Å². The summed E-state index contributed by atoms with van der Waals surface area (Å²) in [4.78, 5) is 11.3. The molecule has 0 aromatic carbocycles. The molecule has 0 radical (unpaired) electrons. The second-order valence-electron chi connectivity index (χ2n) is 5.24. The van der Waals surface area contributed by atoms with Crippen LogP contribution in [0.15, 0.2) is 0 Å². The van der Waals surface area contributed by atoms with E-state index < -0.39 is 0 Å². The quantitative estimate of drug-likeness (QED) is 0.585. The van der Waals surface area contributed by atoms with Gasteiger partial charge in [-0.1, -0.05) is 27.7 Å². The van der Waals surface area contributed by atoms with Gasteiger partial charge in [0, 0.05) is 6.42 Å². The lowest BCUT2D eigenvalue weighted by Crippen LogP contribution is -2.21. The number of carbonyl (C=O) groups excluding carboxylic acids is 1. The fourth-order valence-electron chi connectivity index (χ4n) is 1.86. The van der Waals surface area contributed by atoms with Crippen LogP contribution in [0, 0.1) is 17.3 Å². The van der Waals surface area contributed by atoms with Gasteiger partial charge in [-0.25, -0.2) is 0 Å². The van der Waals surface area contributed by atoms with Crippen molar-refractivity contribution in [2.45, 2.75) is 40.5 Å². The summed E-state index contributed by atoms with van der Waals surface area (Å²) in [5.41, 5.74) is 0.154. The highest BCUT2D eigenvalue weighted by molar-refractivity contribution is 5.70. The van der Waals surface area contributed by atoms with Crippen LogP contribution in [-0.2, 0) is 9.53 Å². The number of carbonyl (C=O) groups is 1. The van der Waals surface area contributed by atoms with Gasteiger partial charge in [-0.15, -0.1) is 0 Å². The Kier molecular flexibility index (Phi) is 2.99. The van der Waals surface area contributed by atoms with Crippen molar-refractivity contribution in [3.05, 3.63) is 0 Å². The molecule has 76 valence electrons. The molecule has 0 N–H and O–H groups in total. The van der Waals surface area contributed by atoms with E-state index in [1.807, 2.05) is 0 Å². The molecule has 0 saturated carbocycles. The van der Waals surface area contributed by atoms with Crippen LogP contribution in [-0.4, -0.2) is 12.6 Å². The molecular formula is C11H20O2. The molecule has 13 heavy (non-hydrogen) atoms. The van der Waals surface area contributed by atoms with Crippen molar-refractivity contribution in [2.75, 3.05) is 6.61 Å². The zero-order chi connectivity index (χ0) is 10.1. The molecule has 1 saturated heterocycles. The minimum absolute atomic E-state index is 0.0238. The van der Waals surface area contributed by atoms with Gasteiger partial charge in [0.05, 0.1) is 6.61 Å². The van der Waals surface area contributed by atoms with Gasteiger partial charge in [0.2, 0.25) is 0 Å². The molecule has 2 nitrogen and oxygen atoms in total. The predicted molar refractivity (Wildman–Crippen MR) is 52.3 cm³/mol. The molecule has 0 amide bonds. The van der Waals surface area contributed by atoms with Crippen LogP contribution in [0.2, 0.25) is 0 Å². The maximum atomic E-state index is 11.3. The summed E-state index contributed by atoms with van der Waals surface area (Å²) in [5.74, 6) is 1.04. The third-order valence-corrected chi connectivity index (χ3v) is 2.81. The summed E-state index contributed by atoms with van der Waals surface area (Å²) in [7, 11) is 0. The summed E-state index contributed by atoms with van der Waals surface area (Å²) in [6, 6.07) is 0. The third kappa shape index (κ3) is 3.02. The smallest absolute Gasteiger partial charge is 0.306 e. The Morgan fingerprint density at radius 3 is 2.62 bits per heavy atom. The van der Waals surface area contributed by atoms with Crippen LogP contribution in [0.1, 0.15) is 40.5 Å². The summed E-state index contributed by atoms with van der Waals surface area (Å²) >= 11 is 0. The van der Waals surface area contributed by atoms with E-state index in [4.69, 9.17) is 4.74 Å². The second-order valence-corrected chi connectivity index (χ2v) is 5.24. The van der Waals surface area contributed by atoms with Crippen molar-refractivity contribution < 1.29 is 9.53 Å². The lowest BCUT2D eigenvalue weighted by Gasteiger charge is -2.26. The first-order chi connectivity index (χ1) is 5.91. The van der Waals surface area contributed by atoms with Gasteiger partial charge in [-0.3, -0.25) is 4.79 Å². The van der Waals surface area contributed by atoms with Crippen molar-refractivity contribution in [3.63, 3.8) is 0 Å². The minimum atomic E-state index is -0.0238. The molecule has 1 aliphatic heterocycles. The highest BCUT2D eigenvalue weighted by Gasteiger charge is 2.31. The van der Waals surface area contributed by atoms with E-state index in [0.717, 1.165) is 6.42 Å². The zero-order valence-corrected chi connectivity index (χ0v) is 9.09. The van der Waals surface area contributed by atoms with Gasteiger partial charge in [-0.05, 0) is 23.7 Å². The standard InChI is InChI=1S/C11H20O2/c1-8(2)9-5-10(12)13-7-11(3,4)6-9/h8-9H,5-7H2,1-4H3. The number of esters is 1. The number of hydrogen-bond acceptors (Lipinski definition) is 2. The minimum Gasteiger partial charge on any atom is -0.465 e. The molecule has 1 unspecified atom stereocenters. The Labute approximate surface area is 80.7 Å². The van der Waals surface area contributed by atoms with Gasteiger partial charge in [0.15, 0.2) is 0 Å². The Morgan fingerprint density at radius 2 is 2.08 bits per heavy atom. The Balaban J connectivity index is 2.69. The largest absolute Gasteiger partial charge is 0.465 e. The molecule has 1 aliphatic rings. The summed E-state index contributed by atoms with van der Waals surface area (Å²) in [5, 5.41) is 0. The lowest BCUT2D eigenvalue weighted by molar-refractivity contribution is -0.145. The SMILES string of the molecule is CC(C)C1CC(=O)OCC(C)(C)C1. The monoisotopic (exact) mass is 184 g/mol. The van der Waals surface area contributed by atoms with Crippen molar-refractivity contribution in [3.8, 4) is 0 Å². The van der Waals surface area contributed by atoms with E-state index in [-0.39, 0.29) is 11.4 Å². The van der Waals surface area contributed by atoms with E-state index in [9.17, 15) is 4.79 Å². The van der Waals surface area contributed by atoms with Crippen molar-refractivity contribution >= 4 is 5.97 Å². The average molecular weight is 184 g/mol. The van der Waals surface area contributed by atoms with Gasteiger partial charge < -0.3 is 4.74 Å². The van der Waals surface area contributed by atoms with Crippen molar-refractivity contribution in [2.24, 2.45) is 17.3 Å². The first kappa shape index (κ1) is 10.6. The first-order valence-electron chi connectivity index (χ1n) is 5.06. The molecule has 1 heterocycles. The number of cyclic esters (lactones) is 1. The summed E-state index contributed by atoms with van der Waals surface area (Å²) < 4.78 is 5.16. The average Bonchev–Trinajstić information content (AvgIpc) is 2.11. The Morgan fingerprint density at radius 1 is 1.46 bits per heavy atom. The normalized spacial score (nSPS) is 28.4. The van der Waals surface area contributed by atoms with Crippen LogP contribution >= 0.6 is 0 Å². The molecular weight excluding hydrogens is 164 g/mol. The van der Waals surface area contributed by atoms with Crippen LogP contribution in [0.4, 0.5) is 0 Å². The van der Waals surface area contributed by atoms with E-state index in [0.29, 0.717) is 24.9 Å². The highest BCUT2D eigenvalue weighted by atomic mass is 16.5. The lowest BCUT2D eigenvalue weighted by atomic mass is 9.78. The van der Waals surface area contributed by atoms with E-state index >= 15 is 0 Å². The maximum Gasteiger partial charge on any atom is 0.306 e. The molecule has 0 aromatic rings. The van der Waals surface area contributed by atoms with E-state index in [1.54, 1.807) is 0 Å². The molecule has 0 aromatic heterocycles. The molecule has 1 fully saturated rings. The molecule has 2 heteroatoms. The van der Waals surface area contributed by atoms with Crippen molar-refractivity contribution in [1.82, 2.24) is 0 Å².